The second-order valence-corrected chi connectivity index (χ2v) is 8.56. The van der Waals surface area contributed by atoms with Gasteiger partial charge in [-0.3, -0.25) is 10.1 Å². The van der Waals surface area contributed by atoms with Gasteiger partial charge < -0.3 is 14.5 Å². The quantitative estimate of drug-likeness (QED) is 0.259. The van der Waals surface area contributed by atoms with E-state index >= 15 is 0 Å². The van der Waals surface area contributed by atoms with Gasteiger partial charge in [0.15, 0.2) is 16.3 Å². The highest BCUT2D eigenvalue weighted by Gasteiger charge is 2.14. The van der Waals surface area contributed by atoms with Crippen LogP contribution in [0.4, 0.5) is 5.69 Å². The molecule has 0 fully saturated rings. The predicted molar refractivity (Wildman–Crippen MR) is 143 cm³/mol. The van der Waals surface area contributed by atoms with Gasteiger partial charge >= 0.3 is 0 Å². The summed E-state index contributed by atoms with van der Waals surface area (Å²) in [6, 6.07) is 25.5. The van der Waals surface area contributed by atoms with Crippen molar-refractivity contribution in [3.63, 3.8) is 0 Å². The van der Waals surface area contributed by atoms with E-state index in [2.05, 4.69) is 20.6 Å². The van der Waals surface area contributed by atoms with Crippen LogP contribution in [-0.4, -0.2) is 21.0 Å². The molecule has 5 rings (SSSR count). The first-order valence-corrected chi connectivity index (χ1v) is 11.7. The summed E-state index contributed by atoms with van der Waals surface area (Å²) in [5, 5.41) is 6.15. The summed E-state index contributed by atoms with van der Waals surface area (Å²) in [5.74, 6) is 0.592. The van der Waals surface area contributed by atoms with Gasteiger partial charge in [-0.15, -0.1) is 0 Å². The van der Waals surface area contributed by atoms with Gasteiger partial charge in [0.2, 0.25) is 5.89 Å². The molecular weight excluding hydrogens is 496 g/mol. The molecule has 0 saturated heterocycles. The maximum absolute atomic E-state index is 12.8. The van der Waals surface area contributed by atoms with Crippen LogP contribution in [0.15, 0.2) is 95.5 Å². The number of carbonyl (C=O) groups is 1. The highest BCUT2D eigenvalue weighted by atomic mass is 35.5. The van der Waals surface area contributed by atoms with Crippen molar-refractivity contribution in [2.45, 2.75) is 6.61 Å². The minimum atomic E-state index is -0.380. The lowest BCUT2D eigenvalue weighted by molar-refractivity contribution is 0.0977. The lowest BCUT2D eigenvalue weighted by Gasteiger charge is -2.12. The van der Waals surface area contributed by atoms with E-state index in [9.17, 15) is 4.79 Å². The third kappa shape index (κ3) is 5.51. The Morgan fingerprint density at radius 3 is 2.69 bits per heavy atom. The Balaban J connectivity index is 1.25. The van der Waals surface area contributed by atoms with Gasteiger partial charge in [-0.2, -0.15) is 4.98 Å². The van der Waals surface area contributed by atoms with Crippen LogP contribution in [0.25, 0.3) is 22.7 Å². The minimum Gasteiger partial charge on any atom is -0.489 e. The zero-order valence-corrected chi connectivity index (χ0v) is 20.3. The van der Waals surface area contributed by atoms with Crippen LogP contribution in [0.2, 0.25) is 5.02 Å². The van der Waals surface area contributed by atoms with Crippen molar-refractivity contribution in [2.24, 2.45) is 0 Å². The molecular formula is C27H19ClN4O3S. The molecule has 5 aromatic rings. The second-order valence-electron chi connectivity index (χ2n) is 7.75. The Morgan fingerprint density at radius 2 is 1.86 bits per heavy atom. The Morgan fingerprint density at radius 1 is 1.00 bits per heavy atom. The van der Waals surface area contributed by atoms with Crippen LogP contribution < -0.4 is 15.4 Å². The fraction of sp³-hybridized carbons (Fsp3) is 0.0370. The number of oxazole rings is 1. The topological polar surface area (TPSA) is 89.3 Å². The molecule has 2 aromatic heterocycles. The summed E-state index contributed by atoms with van der Waals surface area (Å²) in [5.41, 5.74) is 3.70. The highest BCUT2D eigenvalue weighted by Crippen LogP contribution is 2.30. The Bertz CT molecular complexity index is 1520. The van der Waals surface area contributed by atoms with E-state index in [1.54, 1.807) is 60.8 Å². The van der Waals surface area contributed by atoms with E-state index in [1.165, 1.54) is 0 Å². The third-order valence-electron chi connectivity index (χ3n) is 5.20. The van der Waals surface area contributed by atoms with Gasteiger partial charge in [-0.25, -0.2) is 4.98 Å². The number of aromatic nitrogens is 2. The van der Waals surface area contributed by atoms with Gasteiger partial charge in [0.05, 0.1) is 10.7 Å². The molecule has 0 aliphatic heterocycles. The molecule has 0 aliphatic rings. The summed E-state index contributed by atoms with van der Waals surface area (Å²) >= 11 is 11.7. The molecule has 0 spiro atoms. The summed E-state index contributed by atoms with van der Waals surface area (Å²) in [7, 11) is 0. The summed E-state index contributed by atoms with van der Waals surface area (Å²) in [4.78, 5) is 21.4. The maximum atomic E-state index is 12.8. The first kappa shape index (κ1) is 23.5. The molecule has 9 heteroatoms. The number of amides is 1. The van der Waals surface area contributed by atoms with Crippen LogP contribution in [0.5, 0.6) is 5.75 Å². The first-order valence-electron chi connectivity index (χ1n) is 11.0. The van der Waals surface area contributed by atoms with Crippen molar-refractivity contribution in [3.8, 4) is 17.2 Å². The highest BCUT2D eigenvalue weighted by molar-refractivity contribution is 7.80. The molecule has 0 radical (unpaired) electrons. The number of hydrogen-bond acceptors (Lipinski definition) is 6. The third-order valence-corrected chi connectivity index (χ3v) is 5.73. The summed E-state index contributed by atoms with van der Waals surface area (Å²) < 4.78 is 11.6. The Kier molecular flexibility index (Phi) is 6.88. The molecule has 0 unspecified atom stereocenters. The van der Waals surface area contributed by atoms with Crippen molar-refractivity contribution >= 4 is 51.8 Å². The molecule has 0 aliphatic carbocycles. The van der Waals surface area contributed by atoms with Gasteiger partial charge in [-0.1, -0.05) is 48.0 Å². The predicted octanol–water partition coefficient (Wildman–Crippen LogP) is 6.25. The van der Waals surface area contributed by atoms with Gasteiger partial charge in [0.25, 0.3) is 5.91 Å². The standard InChI is InChI=1S/C27H19ClN4O3S/c28-21-12-11-19(26-31-24-23(35-26)10-5-13-29-24)15-22(21)30-27(36)32-25(33)18-8-4-9-20(14-18)34-16-17-6-2-1-3-7-17/h1-15H,16H2,(H2,30,32,33,36). The second kappa shape index (κ2) is 10.6. The number of nitrogens with zero attached hydrogens (tertiary/aromatic N) is 2. The zero-order chi connectivity index (χ0) is 24.9. The number of fused-ring (bicyclic) bond motifs is 1. The fourth-order valence-corrected chi connectivity index (χ4v) is 3.81. The largest absolute Gasteiger partial charge is 0.489 e. The molecule has 2 N–H and O–H groups in total. The molecule has 7 nitrogen and oxygen atoms in total. The zero-order valence-electron chi connectivity index (χ0n) is 18.8. The number of rotatable bonds is 6. The normalized spacial score (nSPS) is 10.7. The fourth-order valence-electron chi connectivity index (χ4n) is 3.44. The van der Waals surface area contributed by atoms with Gasteiger partial charge in [0.1, 0.15) is 12.4 Å². The SMILES string of the molecule is O=C(NC(=S)Nc1cc(-c2nc3ncccc3o2)ccc1Cl)c1cccc(OCc2ccccc2)c1. The van der Waals surface area contributed by atoms with Gasteiger partial charge in [-0.05, 0) is 66.3 Å². The van der Waals surface area contributed by atoms with E-state index in [-0.39, 0.29) is 11.0 Å². The maximum Gasteiger partial charge on any atom is 0.257 e. The van der Waals surface area contributed by atoms with E-state index in [4.69, 9.17) is 33.0 Å². The number of hydrogen-bond donors (Lipinski definition) is 2. The van der Waals surface area contributed by atoms with Crippen LogP contribution in [0.1, 0.15) is 15.9 Å². The van der Waals surface area contributed by atoms with E-state index in [0.29, 0.717) is 51.3 Å². The average molecular weight is 515 g/mol. The molecule has 1 amide bonds. The summed E-state index contributed by atoms with van der Waals surface area (Å²) in [6.45, 7) is 0.400. The van der Waals surface area contributed by atoms with E-state index in [0.717, 1.165) is 5.56 Å². The number of benzene rings is 3. The van der Waals surface area contributed by atoms with E-state index in [1.807, 2.05) is 30.3 Å². The molecule has 0 bridgehead atoms. The van der Waals surface area contributed by atoms with Crippen molar-refractivity contribution in [2.75, 3.05) is 5.32 Å². The number of nitrogens with one attached hydrogen (secondary N) is 2. The number of anilines is 1. The lowest BCUT2D eigenvalue weighted by atomic mass is 10.2. The number of carbonyl (C=O) groups excluding carboxylic acids is 1. The number of thiocarbonyl (C=S) groups is 1. The minimum absolute atomic E-state index is 0.0916. The molecule has 2 heterocycles. The van der Waals surface area contributed by atoms with E-state index < -0.39 is 0 Å². The molecule has 3 aromatic carbocycles. The molecule has 0 atom stereocenters. The number of ether oxygens (including phenoxy) is 1. The molecule has 178 valence electrons. The van der Waals surface area contributed by atoms with Crippen molar-refractivity contribution in [1.82, 2.24) is 15.3 Å². The Labute approximate surface area is 217 Å². The number of halogens is 1. The van der Waals surface area contributed by atoms with Gasteiger partial charge in [0, 0.05) is 17.3 Å². The van der Waals surface area contributed by atoms with Crippen molar-refractivity contribution in [1.29, 1.82) is 0 Å². The van der Waals surface area contributed by atoms with Crippen LogP contribution >= 0.6 is 23.8 Å². The average Bonchev–Trinajstić information content (AvgIpc) is 3.34. The van der Waals surface area contributed by atoms with Crippen LogP contribution in [-0.2, 0) is 6.61 Å². The van der Waals surface area contributed by atoms with Crippen molar-refractivity contribution < 1.29 is 13.9 Å². The number of pyridine rings is 1. The lowest BCUT2D eigenvalue weighted by Crippen LogP contribution is -2.34. The summed E-state index contributed by atoms with van der Waals surface area (Å²) in [6.07, 6.45) is 1.65. The van der Waals surface area contributed by atoms with Crippen LogP contribution in [0.3, 0.4) is 0 Å². The monoisotopic (exact) mass is 514 g/mol. The van der Waals surface area contributed by atoms with Crippen molar-refractivity contribution in [3.05, 3.63) is 107 Å². The Hall–Kier alpha value is -4.27. The molecule has 0 saturated carbocycles. The molecule has 36 heavy (non-hydrogen) atoms. The van der Waals surface area contributed by atoms with Crippen LogP contribution in [0, 0.1) is 0 Å². The first-order chi connectivity index (χ1) is 17.5. The smallest absolute Gasteiger partial charge is 0.257 e.